The fourth-order valence-electron chi connectivity index (χ4n) is 5.59. The molecule has 3 aromatic rings. The Morgan fingerprint density at radius 1 is 1.10 bits per heavy atom. The van der Waals surface area contributed by atoms with E-state index in [0.717, 1.165) is 5.56 Å². The van der Waals surface area contributed by atoms with Gasteiger partial charge in [-0.2, -0.15) is 23.1 Å². The summed E-state index contributed by atoms with van der Waals surface area (Å²) in [5.41, 5.74) is 7.49. The number of nitrogens with one attached hydrogen (secondary N) is 2. The zero-order valence-electron chi connectivity index (χ0n) is 22.8. The topological polar surface area (TPSA) is 143 Å². The lowest BCUT2D eigenvalue weighted by atomic mass is 9.76. The number of carbonyl (C=O) groups excluding carboxylic acids is 1. The summed E-state index contributed by atoms with van der Waals surface area (Å²) in [5, 5.41) is 14.9. The third-order valence-electron chi connectivity index (χ3n) is 7.97. The predicted octanol–water partition coefficient (Wildman–Crippen LogP) is 3.80. The first-order valence-corrected chi connectivity index (χ1v) is 13.5. The summed E-state index contributed by atoms with van der Waals surface area (Å²) in [5.74, 6) is -1.27. The van der Waals surface area contributed by atoms with Gasteiger partial charge in [0.1, 0.15) is 11.9 Å². The SMILES string of the molecule is CNC(=O)c1ccc(-c2ccc([C@@H](Oc3cc(N4CCC5(CC4)CNC(C(=O)O)C5)nc(N)n3)C(F)(F)F)cc2)cc1. The highest BCUT2D eigenvalue weighted by Gasteiger charge is 2.45. The summed E-state index contributed by atoms with van der Waals surface area (Å²) >= 11 is 0. The number of nitrogens with two attached hydrogens (primary N) is 1. The van der Waals surface area contributed by atoms with E-state index in [1.807, 2.05) is 4.90 Å². The maximum absolute atomic E-state index is 14.2. The van der Waals surface area contributed by atoms with Gasteiger partial charge in [0.15, 0.2) is 0 Å². The molecule has 2 saturated heterocycles. The van der Waals surface area contributed by atoms with E-state index in [-0.39, 0.29) is 28.7 Å². The molecule has 0 radical (unpaired) electrons. The Hall–Kier alpha value is -4.39. The van der Waals surface area contributed by atoms with Crippen LogP contribution in [0.3, 0.4) is 0 Å². The molecule has 2 aliphatic rings. The molecule has 2 aromatic carbocycles. The number of piperidine rings is 1. The standard InChI is InChI=1S/C29H31F3N6O4/c1-34-25(39)20-8-4-18(5-9-20)17-2-6-19(7-3-17)24(29(30,31)32)42-23-14-22(36-27(33)37-23)38-12-10-28(11-13-38)15-21(26(40)41)35-16-28/h2-9,14,21,24,35H,10-13,15-16H2,1H3,(H,34,39)(H,40,41)(H2,33,36,37)/t21?,24-/m1/s1. The number of nitrogen functional groups attached to an aromatic ring is 1. The molecule has 1 aromatic heterocycles. The van der Waals surface area contributed by atoms with Crippen molar-refractivity contribution >= 4 is 23.6 Å². The number of carboxylic acids is 1. The number of hydrogen-bond donors (Lipinski definition) is 4. The van der Waals surface area contributed by atoms with Crippen molar-refractivity contribution < 1.29 is 32.6 Å². The number of carboxylic acid groups (broad SMARTS) is 1. The van der Waals surface area contributed by atoms with Crippen LogP contribution in [0.25, 0.3) is 11.1 Å². The maximum Gasteiger partial charge on any atom is 0.429 e. The molecule has 5 N–H and O–H groups in total. The Kier molecular flexibility index (Phi) is 7.95. The average Bonchev–Trinajstić information content (AvgIpc) is 3.39. The smallest absolute Gasteiger partial charge is 0.429 e. The molecule has 1 unspecified atom stereocenters. The number of benzene rings is 2. The molecule has 2 atom stereocenters. The van der Waals surface area contributed by atoms with Crippen LogP contribution in [0.5, 0.6) is 5.88 Å². The number of amides is 1. The fraction of sp³-hybridized carbons (Fsp3) is 0.379. The Labute approximate surface area is 240 Å². The largest absolute Gasteiger partial charge is 0.480 e. The van der Waals surface area contributed by atoms with Gasteiger partial charge in [0.05, 0.1) is 0 Å². The van der Waals surface area contributed by atoms with Crippen molar-refractivity contribution in [2.45, 2.75) is 37.6 Å². The van der Waals surface area contributed by atoms with Crippen LogP contribution in [0.4, 0.5) is 24.9 Å². The van der Waals surface area contributed by atoms with Crippen molar-refractivity contribution in [1.29, 1.82) is 0 Å². The zero-order valence-corrected chi connectivity index (χ0v) is 22.8. The molecule has 3 heterocycles. The lowest BCUT2D eigenvalue weighted by molar-refractivity contribution is -0.198. The third-order valence-corrected chi connectivity index (χ3v) is 7.97. The lowest BCUT2D eigenvalue weighted by Crippen LogP contribution is -2.41. The van der Waals surface area contributed by atoms with Crippen LogP contribution in [-0.2, 0) is 4.79 Å². The third kappa shape index (κ3) is 6.25. The first-order chi connectivity index (χ1) is 20.0. The van der Waals surface area contributed by atoms with Gasteiger partial charge in [0.25, 0.3) is 5.91 Å². The minimum atomic E-state index is -4.75. The number of anilines is 2. The molecule has 13 heteroatoms. The highest BCUT2D eigenvalue weighted by Crippen LogP contribution is 2.41. The molecule has 1 amide bonds. The number of halogens is 3. The summed E-state index contributed by atoms with van der Waals surface area (Å²) in [6.45, 7) is 1.68. The highest BCUT2D eigenvalue weighted by molar-refractivity contribution is 5.94. The first kappa shape index (κ1) is 29.1. The fourth-order valence-corrected chi connectivity index (χ4v) is 5.59. The van der Waals surface area contributed by atoms with Crippen molar-refractivity contribution in [3.05, 3.63) is 65.7 Å². The van der Waals surface area contributed by atoms with Gasteiger partial charge >= 0.3 is 12.1 Å². The number of ether oxygens (including phenoxy) is 1. The van der Waals surface area contributed by atoms with E-state index in [1.165, 1.54) is 25.2 Å². The van der Waals surface area contributed by atoms with Gasteiger partial charge in [-0.3, -0.25) is 9.59 Å². The van der Waals surface area contributed by atoms with Crippen LogP contribution in [0.2, 0.25) is 0 Å². The Balaban J connectivity index is 1.31. The van der Waals surface area contributed by atoms with E-state index in [0.29, 0.717) is 55.8 Å². The number of rotatable bonds is 7. The second-order valence-corrected chi connectivity index (χ2v) is 10.7. The van der Waals surface area contributed by atoms with E-state index < -0.39 is 24.3 Å². The van der Waals surface area contributed by atoms with Crippen LogP contribution in [0, 0.1) is 5.41 Å². The second kappa shape index (κ2) is 11.5. The first-order valence-electron chi connectivity index (χ1n) is 13.5. The van der Waals surface area contributed by atoms with Gasteiger partial charge in [-0.05, 0) is 47.9 Å². The maximum atomic E-state index is 14.2. The Bertz CT molecular complexity index is 1440. The van der Waals surface area contributed by atoms with Gasteiger partial charge in [0.2, 0.25) is 17.9 Å². The molecule has 1 spiro atoms. The van der Waals surface area contributed by atoms with Crippen LogP contribution >= 0.6 is 0 Å². The van der Waals surface area contributed by atoms with E-state index >= 15 is 0 Å². The molecular formula is C29H31F3N6O4. The highest BCUT2D eigenvalue weighted by atomic mass is 19.4. The van der Waals surface area contributed by atoms with Crippen molar-refractivity contribution in [3.63, 3.8) is 0 Å². The van der Waals surface area contributed by atoms with Crippen molar-refractivity contribution in [2.24, 2.45) is 5.41 Å². The molecule has 0 saturated carbocycles. The lowest BCUT2D eigenvalue weighted by Gasteiger charge is -2.39. The monoisotopic (exact) mass is 584 g/mol. The minimum Gasteiger partial charge on any atom is -0.480 e. The predicted molar refractivity (Wildman–Crippen MR) is 149 cm³/mol. The second-order valence-electron chi connectivity index (χ2n) is 10.7. The van der Waals surface area contributed by atoms with E-state index in [9.17, 15) is 27.9 Å². The molecule has 5 rings (SSSR count). The molecule has 0 bridgehead atoms. The minimum absolute atomic E-state index is 0.117. The quantitative estimate of drug-likeness (QED) is 0.326. The van der Waals surface area contributed by atoms with Gasteiger partial charge in [-0.15, -0.1) is 0 Å². The summed E-state index contributed by atoms with van der Waals surface area (Å²) in [6, 6.07) is 13.3. The molecule has 42 heavy (non-hydrogen) atoms. The molecule has 2 fully saturated rings. The number of hydrogen-bond acceptors (Lipinski definition) is 8. The molecule has 2 aliphatic heterocycles. The Morgan fingerprint density at radius 3 is 2.26 bits per heavy atom. The summed E-state index contributed by atoms with van der Waals surface area (Å²) < 4.78 is 48.0. The van der Waals surface area contributed by atoms with Crippen LogP contribution in [0.1, 0.15) is 41.3 Å². The zero-order chi connectivity index (χ0) is 30.1. The summed E-state index contributed by atoms with van der Waals surface area (Å²) in [7, 11) is 1.53. The normalized spacial score (nSPS) is 19.0. The van der Waals surface area contributed by atoms with Gasteiger partial charge in [-0.25, -0.2) is 0 Å². The average molecular weight is 585 g/mol. The van der Waals surface area contributed by atoms with E-state index in [2.05, 4.69) is 20.6 Å². The molecule has 0 aliphatic carbocycles. The summed E-state index contributed by atoms with van der Waals surface area (Å²) in [6.07, 6.45) is -5.11. The number of carbonyl (C=O) groups is 2. The number of aliphatic carboxylic acids is 1. The van der Waals surface area contributed by atoms with Crippen molar-refractivity contribution in [2.75, 3.05) is 37.3 Å². The van der Waals surface area contributed by atoms with Gasteiger partial charge < -0.3 is 31.1 Å². The Morgan fingerprint density at radius 2 is 1.71 bits per heavy atom. The van der Waals surface area contributed by atoms with Crippen LogP contribution in [0.15, 0.2) is 54.6 Å². The van der Waals surface area contributed by atoms with E-state index in [1.54, 1.807) is 36.4 Å². The number of aromatic nitrogens is 2. The number of alkyl halides is 3. The number of nitrogens with zero attached hydrogens (tertiary/aromatic N) is 3. The van der Waals surface area contributed by atoms with Gasteiger partial charge in [0, 0.05) is 43.9 Å². The molecule has 10 nitrogen and oxygen atoms in total. The molecular weight excluding hydrogens is 553 g/mol. The van der Waals surface area contributed by atoms with E-state index in [4.69, 9.17) is 10.5 Å². The van der Waals surface area contributed by atoms with Crippen molar-refractivity contribution in [1.82, 2.24) is 20.6 Å². The van der Waals surface area contributed by atoms with Gasteiger partial charge in [-0.1, -0.05) is 36.4 Å². The van der Waals surface area contributed by atoms with Crippen LogP contribution < -0.4 is 26.0 Å². The van der Waals surface area contributed by atoms with Crippen LogP contribution in [-0.4, -0.2) is 65.9 Å². The molecule has 222 valence electrons. The summed E-state index contributed by atoms with van der Waals surface area (Å²) in [4.78, 5) is 33.2. The van der Waals surface area contributed by atoms with Crippen molar-refractivity contribution in [3.8, 4) is 17.0 Å².